The van der Waals surface area contributed by atoms with Crippen LogP contribution >= 0.6 is 0 Å². The molecular weight excluding hydrogens is 206 g/mol. The second-order valence-corrected chi connectivity index (χ2v) is 3.69. The topological polar surface area (TPSA) is 59.3 Å². The second-order valence-electron chi connectivity index (χ2n) is 3.69. The zero-order valence-corrected chi connectivity index (χ0v) is 8.80. The molecule has 16 heavy (non-hydrogen) atoms. The number of carboxylic acids is 1. The number of aromatic carboxylic acids is 1. The van der Waals surface area contributed by atoms with E-state index in [0.29, 0.717) is 5.39 Å². The Morgan fingerprint density at radius 3 is 2.88 bits per heavy atom. The highest BCUT2D eigenvalue weighted by atomic mass is 16.4. The first kappa shape index (κ1) is 10.4. The van der Waals surface area contributed by atoms with Crippen LogP contribution in [-0.2, 0) is 11.3 Å². The molecule has 82 valence electrons. The summed E-state index contributed by atoms with van der Waals surface area (Å²) in [6, 6.07) is 5.55. The number of fused-ring (bicyclic) bond motifs is 1. The number of aromatic nitrogens is 1. The molecule has 2 rings (SSSR count). The Balaban J connectivity index is 2.75. The summed E-state index contributed by atoms with van der Waals surface area (Å²) in [5.41, 5.74) is 2.01. The van der Waals surface area contributed by atoms with Crippen molar-refractivity contribution in [3.8, 4) is 0 Å². The van der Waals surface area contributed by atoms with Crippen LogP contribution in [0.15, 0.2) is 24.4 Å². The fraction of sp³-hybridized carbons (Fsp3) is 0.167. The van der Waals surface area contributed by atoms with Gasteiger partial charge in [0.25, 0.3) is 0 Å². The van der Waals surface area contributed by atoms with Gasteiger partial charge in [-0.1, -0.05) is 11.6 Å². The van der Waals surface area contributed by atoms with E-state index < -0.39 is 5.97 Å². The van der Waals surface area contributed by atoms with Crippen molar-refractivity contribution in [3.63, 3.8) is 0 Å². The van der Waals surface area contributed by atoms with Gasteiger partial charge in [-0.3, -0.25) is 0 Å². The fourth-order valence-corrected chi connectivity index (χ4v) is 1.81. The number of aryl methyl sites for hydroxylation is 1. The Morgan fingerprint density at radius 1 is 1.50 bits per heavy atom. The van der Waals surface area contributed by atoms with Crippen LogP contribution in [0.2, 0.25) is 0 Å². The first-order valence-electron chi connectivity index (χ1n) is 4.90. The number of carboxylic acid groups (broad SMARTS) is 1. The maximum atomic E-state index is 11.0. The molecule has 0 saturated carbocycles. The van der Waals surface area contributed by atoms with Crippen molar-refractivity contribution in [1.29, 1.82) is 0 Å². The number of benzene rings is 1. The summed E-state index contributed by atoms with van der Waals surface area (Å²) in [6.07, 6.45) is 2.26. The molecule has 0 aliphatic carbocycles. The molecular formula is C12H11NO3. The second kappa shape index (κ2) is 3.81. The maximum Gasteiger partial charge on any atom is 0.337 e. The Hall–Kier alpha value is -2.10. The molecule has 2 aromatic rings. The van der Waals surface area contributed by atoms with E-state index in [2.05, 4.69) is 0 Å². The normalized spacial score (nSPS) is 10.6. The minimum absolute atomic E-state index is 0.173. The van der Waals surface area contributed by atoms with E-state index in [4.69, 9.17) is 5.11 Å². The molecule has 0 radical (unpaired) electrons. The largest absolute Gasteiger partial charge is 0.478 e. The molecule has 4 heteroatoms. The smallest absolute Gasteiger partial charge is 0.337 e. The highest BCUT2D eigenvalue weighted by Gasteiger charge is 2.13. The van der Waals surface area contributed by atoms with Crippen LogP contribution in [0.1, 0.15) is 15.9 Å². The molecule has 0 fully saturated rings. The summed E-state index contributed by atoms with van der Waals surface area (Å²) in [7, 11) is 0. The lowest BCUT2D eigenvalue weighted by Crippen LogP contribution is -1.97. The van der Waals surface area contributed by atoms with E-state index in [-0.39, 0.29) is 12.1 Å². The number of hydrogen-bond acceptors (Lipinski definition) is 2. The zero-order chi connectivity index (χ0) is 11.7. The SMILES string of the molecule is Cc1ccc2c(c1)c(C(=O)O)cn2CC=O. The summed E-state index contributed by atoms with van der Waals surface area (Å²) >= 11 is 0. The van der Waals surface area contributed by atoms with Crippen LogP contribution in [0.5, 0.6) is 0 Å². The van der Waals surface area contributed by atoms with Gasteiger partial charge < -0.3 is 14.5 Å². The number of nitrogens with zero attached hydrogens (tertiary/aromatic N) is 1. The number of hydrogen-bond donors (Lipinski definition) is 1. The highest BCUT2D eigenvalue weighted by molar-refractivity contribution is 6.03. The van der Waals surface area contributed by atoms with Crippen LogP contribution in [0.25, 0.3) is 10.9 Å². The molecule has 0 unspecified atom stereocenters. The molecule has 1 aromatic heterocycles. The molecule has 4 nitrogen and oxygen atoms in total. The van der Waals surface area contributed by atoms with Gasteiger partial charge in [0.2, 0.25) is 0 Å². The van der Waals surface area contributed by atoms with E-state index >= 15 is 0 Å². The molecule has 0 saturated heterocycles. The Kier molecular flexibility index (Phi) is 2.48. The summed E-state index contributed by atoms with van der Waals surface area (Å²) in [5.74, 6) is -0.972. The van der Waals surface area contributed by atoms with Crippen LogP contribution in [0.3, 0.4) is 0 Å². The maximum absolute atomic E-state index is 11.0. The number of carbonyl (C=O) groups excluding carboxylic acids is 1. The van der Waals surface area contributed by atoms with Gasteiger partial charge >= 0.3 is 5.97 Å². The van der Waals surface area contributed by atoms with E-state index in [1.165, 1.54) is 6.20 Å². The average Bonchev–Trinajstić information content (AvgIpc) is 2.57. The third-order valence-corrected chi connectivity index (χ3v) is 2.54. The molecule has 1 N–H and O–H groups in total. The van der Waals surface area contributed by atoms with Gasteiger partial charge in [0.1, 0.15) is 6.29 Å². The highest BCUT2D eigenvalue weighted by Crippen LogP contribution is 2.22. The zero-order valence-electron chi connectivity index (χ0n) is 8.80. The predicted octanol–water partition coefficient (Wildman–Crippen LogP) is 1.85. The molecule has 1 heterocycles. The van der Waals surface area contributed by atoms with Crippen LogP contribution < -0.4 is 0 Å². The van der Waals surface area contributed by atoms with Crippen molar-refractivity contribution < 1.29 is 14.7 Å². The quantitative estimate of drug-likeness (QED) is 0.798. The van der Waals surface area contributed by atoms with Crippen LogP contribution in [0.4, 0.5) is 0 Å². The third kappa shape index (κ3) is 1.58. The van der Waals surface area contributed by atoms with E-state index in [1.54, 1.807) is 4.57 Å². The minimum atomic E-state index is -0.972. The first-order valence-corrected chi connectivity index (χ1v) is 4.90. The van der Waals surface area contributed by atoms with E-state index in [9.17, 15) is 9.59 Å². The number of rotatable bonds is 3. The standard InChI is InChI=1S/C12H11NO3/c1-8-2-3-11-9(6-8)10(12(15)16)7-13(11)4-5-14/h2-3,5-7H,4H2,1H3,(H,15,16). The van der Waals surface area contributed by atoms with Gasteiger partial charge in [-0.05, 0) is 19.1 Å². The van der Waals surface area contributed by atoms with Gasteiger partial charge in [0.05, 0.1) is 12.1 Å². The Morgan fingerprint density at radius 2 is 2.25 bits per heavy atom. The van der Waals surface area contributed by atoms with Crippen molar-refractivity contribution in [2.24, 2.45) is 0 Å². The number of aldehydes is 1. The average molecular weight is 217 g/mol. The van der Waals surface area contributed by atoms with Gasteiger partial charge in [0, 0.05) is 17.1 Å². The summed E-state index contributed by atoms with van der Waals surface area (Å²) in [6.45, 7) is 2.08. The summed E-state index contributed by atoms with van der Waals surface area (Å²) in [5, 5.41) is 9.73. The van der Waals surface area contributed by atoms with E-state index in [0.717, 1.165) is 17.4 Å². The molecule has 1 aromatic carbocycles. The van der Waals surface area contributed by atoms with Crippen LogP contribution in [-0.4, -0.2) is 21.9 Å². The lowest BCUT2D eigenvalue weighted by molar-refractivity contribution is -0.108. The summed E-state index contributed by atoms with van der Waals surface area (Å²) < 4.78 is 1.64. The van der Waals surface area contributed by atoms with Crippen LogP contribution in [0, 0.1) is 6.92 Å². The van der Waals surface area contributed by atoms with Gasteiger partial charge in [-0.15, -0.1) is 0 Å². The van der Waals surface area contributed by atoms with Crippen molar-refractivity contribution in [2.45, 2.75) is 13.5 Å². The fourth-order valence-electron chi connectivity index (χ4n) is 1.81. The molecule has 0 atom stereocenters. The molecule has 0 aliphatic heterocycles. The van der Waals surface area contributed by atoms with E-state index in [1.807, 2.05) is 25.1 Å². The third-order valence-electron chi connectivity index (χ3n) is 2.54. The Labute approximate surface area is 92.1 Å². The van der Waals surface area contributed by atoms with Crippen molar-refractivity contribution in [3.05, 3.63) is 35.5 Å². The van der Waals surface area contributed by atoms with Gasteiger partial charge in [-0.25, -0.2) is 4.79 Å². The van der Waals surface area contributed by atoms with Gasteiger partial charge in [-0.2, -0.15) is 0 Å². The monoisotopic (exact) mass is 217 g/mol. The molecule has 0 amide bonds. The lowest BCUT2D eigenvalue weighted by atomic mass is 10.1. The minimum Gasteiger partial charge on any atom is -0.478 e. The predicted molar refractivity (Wildman–Crippen MR) is 59.7 cm³/mol. The van der Waals surface area contributed by atoms with Crippen molar-refractivity contribution in [2.75, 3.05) is 0 Å². The number of carbonyl (C=O) groups is 2. The molecule has 0 bridgehead atoms. The molecule has 0 aliphatic rings. The van der Waals surface area contributed by atoms with Crippen molar-refractivity contribution >= 4 is 23.2 Å². The summed E-state index contributed by atoms with van der Waals surface area (Å²) in [4.78, 5) is 21.5. The Bertz CT molecular complexity index is 569. The first-order chi connectivity index (χ1) is 7.63. The van der Waals surface area contributed by atoms with Gasteiger partial charge in [0.15, 0.2) is 0 Å². The molecule has 0 spiro atoms. The lowest BCUT2D eigenvalue weighted by Gasteiger charge is -1.99. The van der Waals surface area contributed by atoms with Crippen molar-refractivity contribution in [1.82, 2.24) is 4.57 Å².